The summed E-state index contributed by atoms with van der Waals surface area (Å²) in [5.74, 6) is 0.890. The molecular weight excluding hydrogens is 318 g/mol. The molecule has 1 saturated carbocycles. The number of aromatic nitrogens is 2. The van der Waals surface area contributed by atoms with Crippen LogP contribution < -0.4 is 10.1 Å². The van der Waals surface area contributed by atoms with E-state index in [0.29, 0.717) is 6.54 Å². The number of hydrogen-bond donors (Lipinski definition) is 1. The van der Waals surface area contributed by atoms with Gasteiger partial charge < -0.3 is 10.1 Å². The molecule has 0 amide bonds. The third kappa shape index (κ3) is 3.41. The van der Waals surface area contributed by atoms with Crippen molar-refractivity contribution in [3.05, 3.63) is 46.2 Å². The molecule has 0 radical (unpaired) electrons. The zero-order valence-corrected chi connectivity index (χ0v) is 13.1. The van der Waals surface area contributed by atoms with Crippen LogP contribution in [0.5, 0.6) is 5.75 Å². The standard InChI is InChI=1S/C15H18BrN3O/c1-20-15-5-2-13(16)6-12(15)10-19-9-11(8-18-19)7-17-14-3-4-14/h2,5-6,8-9,14,17H,3-4,7,10H2,1H3. The van der Waals surface area contributed by atoms with Gasteiger partial charge in [0, 0.05) is 34.4 Å². The maximum absolute atomic E-state index is 5.39. The Morgan fingerprint density at radius 1 is 1.45 bits per heavy atom. The second-order valence-corrected chi connectivity index (χ2v) is 6.07. The molecule has 0 aliphatic heterocycles. The lowest BCUT2D eigenvalue weighted by atomic mass is 10.2. The van der Waals surface area contributed by atoms with Gasteiger partial charge in [-0.25, -0.2) is 0 Å². The smallest absolute Gasteiger partial charge is 0.124 e. The van der Waals surface area contributed by atoms with Crippen molar-refractivity contribution < 1.29 is 4.74 Å². The van der Waals surface area contributed by atoms with Gasteiger partial charge in [-0.3, -0.25) is 4.68 Å². The number of ether oxygens (including phenoxy) is 1. The van der Waals surface area contributed by atoms with Crippen LogP contribution in [-0.4, -0.2) is 22.9 Å². The molecular formula is C15H18BrN3O. The molecule has 1 aromatic carbocycles. The Hall–Kier alpha value is -1.33. The average molecular weight is 336 g/mol. The third-order valence-corrected chi connectivity index (χ3v) is 3.93. The number of rotatable bonds is 6. The van der Waals surface area contributed by atoms with Crippen LogP contribution in [0.15, 0.2) is 35.1 Å². The molecule has 1 aliphatic rings. The molecule has 20 heavy (non-hydrogen) atoms. The van der Waals surface area contributed by atoms with Gasteiger partial charge in [-0.15, -0.1) is 0 Å². The molecule has 1 N–H and O–H groups in total. The Labute approximate surface area is 127 Å². The van der Waals surface area contributed by atoms with Crippen molar-refractivity contribution in [3.63, 3.8) is 0 Å². The Morgan fingerprint density at radius 3 is 3.05 bits per heavy atom. The molecule has 1 fully saturated rings. The van der Waals surface area contributed by atoms with E-state index in [-0.39, 0.29) is 0 Å². The Kier molecular flexibility index (Phi) is 4.08. The summed E-state index contributed by atoms with van der Waals surface area (Å²) >= 11 is 3.50. The van der Waals surface area contributed by atoms with Crippen molar-refractivity contribution in [2.75, 3.05) is 7.11 Å². The van der Waals surface area contributed by atoms with Crippen LogP contribution in [0.3, 0.4) is 0 Å². The molecule has 0 saturated heterocycles. The fourth-order valence-corrected chi connectivity index (χ4v) is 2.59. The Morgan fingerprint density at radius 2 is 2.30 bits per heavy atom. The van der Waals surface area contributed by atoms with Crippen LogP contribution in [0, 0.1) is 0 Å². The summed E-state index contributed by atoms with van der Waals surface area (Å²) in [6.45, 7) is 1.62. The summed E-state index contributed by atoms with van der Waals surface area (Å²) in [4.78, 5) is 0. The molecule has 106 valence electrons. The van der Waals surface area contributed by atoms with Gasteiger partial charge >= 0.3 is 0 Å². The predicted molar refractivity (Wildman–Crippen MR) is 81.9 cm³/mol. The fourth-order valence-electron chi connectivity index (χ4n) is 2.18. The van der Waals surface area contributed by atoms with Gasteiger partial charge in [0.05, 0.1) is 19.9 Å². The van der Waals surface area contributed by atoms with Gasteiger partial charge in [-0.05, 0) is 31.0 Å². The zero-order valence-electron chi connectivity index (χ0n) is 11.5. The summed E-state index contributed by atoms with van der Waals surface area (Å²) in [5, 5.41) is 7.92. The highest BCUT2D eigenvalue weighted by Gasteiger charge is 2.20. The molecule has 0 atom stereocenters. The second-order valence-electron chi connectivity index (χ2n) is 5.16. The molecule has 4 nitrogen and oxygen atoms in total. The van der Waals surface area contributed by atoms with Crippen LogP contribution in [0.1, 0.15) is 24.0 Å². The van der Waals surface area contributed by atoms with E-state index in [1.165, 1.54) is 18.4 Å². The van der Waals surface area contributed by atoms with Gasteiger partial charge in [0.15, 0.2) is 0 Å². The van der Waals surface area contributed by atoms with Gasteiger partial charge in [-0.1, -0.05) is 15.9 Å². The molecule has 0 bridgehead atoms. The number of nitrogens with one attached hydrogen (secondary N) is 1. The summed E-state index contributed by atoms with van der Waals surface area (Å²) in [7, 11) is 1.70. The highest BCUT2D eigenvalue weighted by Crippen LogP contribution is 2.24. The van der Waals surface area contributed by atoms with E-state index in [4.69, 9.17) is 4.74 Å². The minimum atomic E-state index is 0.714. The number of benzene rings is 1. The van der Waals surface area contributed by atoms with Crippen LogP contribution in [-0.2, 0) is 13.1 Å². The first-order chi connectivity index (χ1) is 9.74. The lowest BCUT2D eigenvalue weighted by Crippen LogP contribution is -2.14. The monoisotopic (exact) mass is 335 g/mol. The van der Waals surface area contributed by atoms with E-state index in [2.05, 4.69) is 38.6 Å². The number of hydrogen-bond acceptors (Lipinski definition) is 3. The Balaban J connectivity index is 1.68. The minimum absolute atomic E-state index is 0.714. The lowest BCUT2D eigenvalue weighted by molar-refractivity contribution is 0.407. The van der Waals surface area contributed by atoms with Crippen LogP contribution in [0.4, 0.5) is 0 Å². The minimum Gasteiger partial charge on any atom is -0.496 e. The summed E-state index contributed by atoms with van der Waals surface area (Å²) < 4.78 is 8.40. The SMILES string of the molecule is COc1ccc(Br)cc1Cn1cc(CNC2CC2)cn1. The number of nitrogens with zero attached hydrogens (tertiary/aromatic N) is 2. The first-order valence-electron chi connectivity index (χ1n) is 6.82. The van der Waals surface area contributed by atoms with Gasteiger partial charge in [0.2, 0.25) is 0 Å². The molecule has 1 aromatic heterocycles. The molecule has 1 heterocycles. The van der Waals surface area contributed by atoms with E-state index in [9.17, 15) is 0 Å². The van der Waals surface area contributed by atoms with E-state index in [1.807, 2.05) is 23.0 Å². The lowest BCUT2D eigenvalue weighted by Gasteiger charge is -2.09. The summed E-state index contributed by atoms with van der Waals surface area (Å²) in [6.07, 6.45) is 6.64. The van der Waals surface area contributed by atoms with Crippen LogP contribution in [0.2, 0.25) is 0 Å². The number of halogens is 1. The molecule has 2 aromatic rings. The normalized spacial score (nSPS) is 14.5. The van der Waals surface area contributed by atoms with Crippen LogP contribution >= 0.6 is 15.9 Å². The van der Waals surface area contributed by atoms with E-state index in [1.54, 1.807) is 7.11 Å². The van der Waals surface area contributed by atoms with Crippen molar-refractivity contribution in [3.8, 4) is 5.75 Å². The molecule has 3 rings (SSSR count). The molecule has 5 heteroatoms. The quantitative estimate of drug-likeness (QED) is 0.882. The maximum Gasteiger partial charge on any atom is 0.124 e. The number of methoxy groups -OCH3 is 1. The average Bonchev–Trinajstić information content (AvgIpc) is 3.17. The van der Waals surface area contributed by atoms with Crippen molar-refractivity contribution in [2.24, 2.45) is 0 Å². The first-order valence-corrected chi connectivity index (χ1v) is 7.61. The van der Waals surface area contributed by atoms with Gasteiger partial charge in [-0.2, -0.15) is 5.10 Å². The van der Waals surface area contributed by atoms with Crippen molar-refractivity contribution >= 4 is 15.9 Å². The predicted octanol–water partition coefficient (Wildman–Crippen LogP) is 2.95. The Bertz CT molecular complexity index is 593. The van der Waals surface area contributed by atoms with E-state index in [0.717, 1.165) is 28.4 Å². The van der Waals surface area contributed by atoms with Gasteiger partial charge in [0.1, 0.15) is 5.75 Å². The summed E-state index contributed by atoms with van der Waals surface area (Å²) in [5.41, 5.74) is 2.34. The fraction of sp³-hybridized carbons (Fsp3) is 0.400. The molecule has 0 spiro atoms. The molecule has 0 unspecified atom stereocenters. The van der Waals surface area contributed by atoms with Crippen molar-refractivity contribution in [2.45, 2.75) is 32.0 Å². The van der Waals surface area contributed by atoms with E-state index >= 15 is 0 Å². The topological polar surface area (TPSA) is 39.1 Å². The second kappa shape index (κ2) is 5.97. The maximum atomic E-state index is 5.39. The highest BCUT2D eigenvalue weighted by molar-refractivity contribution is 9.10. The highest BCUT2D eigenvalue weighted by atomic mass is 79.9. The third-order valence-electron chi connectivity index (χ3n) is 3.43. The largest absolute Gasteiger partial charge is 0.496 e. The first kappa shape index (κ1) is 13.6. The summed E-state index contributed by atoms with van der Waals surface area (Å²) in [6, 6.07) is 6.75. The van der Waals surface area contributed by atoms with Crippen molar-refractivity contribution in [1.82, 2.24) is 15.1 Å². The van der Waals surface area contributed by atoms with Crippen molar-refractivity contribution in [1.29, 1.82) is 0 Å². The van der Waals surface area contributed by atoms with E-state index < -0.39 is 0 Å². The zero-order chi connectivity index (χ0) is 13.9. The van der Waals surface area contributed by atoms with Gasteiger partial charge in [0.25, 0.3) is 0 Å². The molecule has 1 aliphatic carbocycles. The van der Waals surface area contributed by atoms with Crippen LogP contribution in [0.25, 0.3) is 0 Å².